The largest absolute Gasteiger partial charge is 0.352 e. The van der Waals surface area contributed by atoms with Gasteiger partial charge in [0.1, 0.15) is 0 Å². The maximum absolute atomic E-state index is 11.7. The summed E-state index contributed by atoms with van der Waals surface area (Å²) >= 11 is 0. The van der Waals surface area contributed by atoms with Crippen molar-refractivity contribution in [1.29, 1.82) is 0 Å². The Bertz CT molecular complexity index is 198. The number of hydrogen-bond donors (Lipinski definition) is 2. The average molecular weight is 212 g/mol. The normalized spacial score (nSPS) is 23.1. The predicted molar refractivity (Wildman–Crippen MR) is 62.7 cm³/mol. The first kappa shape index (κ1) is 12.5. The van der Waals surface area contributed by atoms with Crippen LogP contribution in [-0.2, 0) is 4.79 Å². The zero-order valence-electron chi connectivity index (χ0n) is 10.2. The highest BCUT2D eigenvalue weighted by atomic mass is 16.1. The Labute approximate surface area is 93.0 Å². The van der Waals surface area contributed by atoms with Crippen molar-refractivity contribution in [2.75, 3.05) is 13.1 Å². The van der Waals surface area contributed by atoms with Crippen molar-refractivity contribution in [3.05, 3.63) is 0 Å². The standard InChI is InChI=1S/C12H24N2O/c1-4-10(9(2)3)7-12(15)14-11-5-6-13-8-11/h9-11,13H,4-8H2,1-3H3,(H,14,15). The Morgan fingerprint density at radius 2 is 2.27 bits per heavy atom. The zero-order valence-corrected chi connectivity index (χ0v) is 10.2. The van der Waals surface area contributed by atoms with E-state index in [2.05, 4.69) is 31.4 Å². The van der Waals surface area contributed by atoms with Gasteiger partial charge in [0.25, 0.3) is 0 Å². The van der Waals surface area contributed by atoms with E-state index in [0.717, 1.165) is 25.9 Å². The van der Waals surface area contributed by atoms with Gasteiger partial charge < -0.3 is 10.6 Å². The Balaban J connectivity index is 2.27. The molecule has 1 heterocycles. The van der Waals surface area contributed by atoms with Crippen LogP contribution in [0, 0.1) is 11.8 Å². The van der Waals surface area contributed by atoms with Crippen LogP contribution in [0.1, 0.15) is 40.0 Å². The van der Waals surface area contributed by atoms with Gasteiger partial charge in [0.05, 0.1) is 0 Å². The van der Waals surface area contributed by atoms with Crippen LogP contribution in [0.25, 0.3) is 0 Å². The zero-order chi connectivity index (χ0) is 11.3. The lowest BCUT2D eigenvalue weighted by atomic mass is 9.90. The molecular weight excluding hydrogens is 188 g/mol. The third-order valence-corrected chi connectivity index (χ3v) is 3.34. The van der Waals surface area contributed by atoms with E-state index in [1.807, 2.05) is 0 Å². The number of nitrogens with one attached hydrogen (secondary N) is 2. The Hall–Kier alpha value is -0.570. The molecule has 3 heteroatoms. The summed E-state index contributed by atoms with van der Waals surface area (Å²) in [6, 6.07) is 0.363. The number of carbonyl (C=O) groups is 1. The van der Waals surface area contributed by atoms with Crippen LogP contribution >= 0.6 is 0 Å². The number of rotatable bonds is 5. The first-order valence-corrected chi connectivity index (χ1v) is 6.13. The van der Waals surface area contributed by atoms with E-state index >= 15 is 0 Å². The average Bonchev–Trinajstić information content (AvgIpc) is 2.66. The minimum Gasteiger partial charge on any atom is -0.352 e. The van der Waals surface area contributed by atoms with Crippen LogP contribution in [0.2, 0.25) is 0 Å². The topological polar surface area (TPSA) is 41.1 Å². The summed E-state index contributed by atoms with van der Waals surface area (Å²) in [4.78, 5) is 11.7. The molecule has 3 nitrogen and oxygen atoms in total. The van der Waals surface area contributed by atoms with Crippen LogP contribution in [-0.4, -0.2) is 25.0 Å². The van der Waals surface area contributed by atoms with E-state index in [9.17, 15) is 4.79 Å². The molecule has 0 aromatic carbocycles. The van der Waals surface area contributed by atoms with Crippen LogP contribution in [0.15, 0.2) is 0 Å². The third-order valence-electron chi connectivity index (χ3n) is 3.34. The molecule has 0 aromatic rings. The second-order valence-corrected chi connectivity index (χ2v) is 4.87. The molecule has 0 bridgehead atoms. The van der Waals surface area contributed by atoms with Crippen LogP contribution in [0.5, 0.6) is 0 Å². The van der Waals surface area contributed by atoms with Crippen molar-refractivity contribution in [2.45, 2.75) is 46.1 Å². The molecule has 1 fully saturated rings. The van der Waals surface area contributed by atoms with Crippen molar-refractivity contribution >= 4 is 5.91 Å². The fourth-order valence-corrected chi connectivity index (χ4v) is 2.15. The van der Waals surface area contributed by atoms with Gasteiger partial charge in [0, 0.05) is 19.0 Å². The highest BCUT2D eigenvalue weighted by Gasteiger charge is 2.20. The summed E-state index contributed by atoms with van der Waals surface area (Å²) < 4.78 is 0. The molecular formula is C12H24N2O. The van der Waals surface area contributed by atoms with E-state index in [1.165, 1.54) is 0 Å². The molecule has 88 valence electrons. The molecule has 1 saturated heterocycles. The number of hydrogen-bond acceptors (Lipinski definition) is 2. The molecule has 1 rings (SSSR count). The van der Waals surface area contributed by atoms with Gasteiger partial charge in [-0.15, -0.1) is 0 Å². The van der Waals surface area contributed by atoms with Crippen LogP contribution in [0.3, 0.4) is 0 Å². The minimum atomic E-state index is 0.226. The second-order valence-electron chi connectivity index (χ2n) is 4.87. The summed E-state index contributed by atoms with van der Waals surface area (Å²) in [5.74, 6) is 1.35. The fraction of sp³-hybridized carbons (Fsp3) is 0.917. The van der Waals surface area contributed by atoms with Gasteiger partial charge in [0.15, 0.2) is 0 Å². The van der Waals surface area contributed by atoms with Crippen molar-refractivity contribution in [3.8, 4) is 0 Å². The second kappa shape index (κ2) is 6.11. The molecule has 0 aromatic heterocycles. The quantitative estimate of drug-likeness (QED) is 0.726. The SMILES string of the molecule is CCC(CC(=O)NC1CCNC1)C(C)C. The molecule has 15 heavy (non-hydrogen) atoms. The lowest BCUT2D eigenvalue weighted by Gasteiger charge is -2.19. The molecule has 1 amide bonds. The van der Waals surface area contributed by atoms with Crippen molar-refractivity contribution in [3.63, 3.8) is 0 Å². The summed E-state index contributed by atoms with van der Waals surface area (Å²) in [7, 11) is 0. The van der Waals surface area contributed by atoms with Gasteiger partial charge in [0.2, 0.25) is 5.91 Å². The monoisotopic (exact) mass is 212 g/mol. The maximum atomic E-state index is 11.7. The molecule has 1 aliphatic heterocycles. The lowest BCUT2D eigenvalue weighted by Crippen LogP contribution is -2.37. The van der Waals surface area contributed by atoms with Crippen LogP contribution < -0.4 is 10.6 Å². The van der Waals surface area contributed by atoms with Gasteiger partial charge in [-0.3, -0.25) is 4.79 Å². The van der Waals surface area contributed by atoms with E-state index in [1.54, 1.807) is 0 Å². The highest BCUT2D eigenvalue weighted by Crippen LogP contribution is 2.18. The van der Waals surface area contributed by atoms with Gasteiger partial charge in [-0.05, 0) is 24.8 Å². The maximum Gasteiger partial charge on any atom is 0.220 e. The number of amides is 1. The first-order valence-electron chi connectivity index (χ1n) is 6.13. The van der Waals surface area contributed by atoms with E-state index in [4.69, 9.17) is 0 Å². The van der Waals surface area contributed by atoms with E-state index in [0.29, 0.717) is 24.3 Å². The van der Waals surface area contributed by atoms with Gasteiger partial charge >= 0.3 is 0 Å². The fourth-order valence-electron chi connectivity index (χ4n) is 2.15. The van der Waals surface area contributed by atoms with E-state index in [-0.39, 0.29) is 5.91 Å². The van der Waals surface area contributed by atoms with Gasteiger partial charge in [-0.25, -0.2) is 0 Å². The van der Waals surface area contributed by atoms with Gasteiger partial charge in [-0.1, -0.05) is 27.2 Å². The summed E-state index contributed by atoms with van der Waals surface area (Å²) in [6.45, 7) is 8.52. The highest BCUT2D eigenvalue weighted by molar-refractivity contribution is 5.76. The van der Waals surface area contributed by atoms with Gasteiger partial charge in [-0.2, -0.15) is 0 Å². The first-order chi connectivity index (χ1) is 7.13. The number of carbonyl (C=O) groups excluding carboxylic acids is 1. The van der Waals surface area contributed by atoms with E-state index < -0.39 is 0 Å². The third kappa shape index (κ3) is 4.20. The molecule has 2 unspecified atom stereocenters. The Morgan fingerprint density at radius 1 is 1.53 bits per heavy atom. The van der Waals surface area contributed by atoms with Crippen LogP contribution in [0.4, 0.5) is 0 Å². The summed E-state index contributed by atoms with van der Waals surface area (Å²) in [6.07, 6.45) is 2.85. The molecule has 2 atom stereocenters. The van der Waals surface area contributed by atoms with Crippen molar-refractivity contribution < 1.29 is 4.79 Å². The van der Waals surface area contributed by atoms with Crippen molar-refractivity contribution in [1.82, 2.24) is 10.6 Å². The summed E-state index contributed by atoms with van der Waals surface area (Å²) in [5, 5.41) is 6.35. The lowest BCUT2D eigenvalue weighted by molar-refractivity contribution is -0.123. The Morgan fingerprint density at radius 3 is 2.73 bits per heavy atom. The van der Waals surface area contributed by atoms with Crippen molar-refractivity contribution in [2.24, 2.45) is 11.8 Å². The molecule has 0 saturated carbocycles. The smallest absolute Gasteiger partial charge is 0.220 e. The molecule has 2 N–H and O–H groups in total. The molecule has 0 radical (unpaired) electrons. The summed E-state index contributed by atoms with van der Waals surface area (Å²) in [5.41, 5.74) is 0. The molecule has 1 aliphatic rings. The molecule has 0 spiro atoms. The molecule has 0 aliphatic carbocycles. The minimum absolute atomic E-state index is 0.226. The Kier molecular flexibility index (Phi) is 5.09. The predicted octanol–water partition coefficient (Wildman–Crippen LogP) is 1.54.